The second-order valence-corrected chi connectivity index (χ2v) is 12.7. The number of aromatic hydroxyl groups is 2. The number of rotatable bonds is 5. The quantitative estimate of drug-likeness (QED) is 0.492. The molecule has 196 valence electrons. The van der Waals surface area contributed by atoms with Gasteiger partial charge in [0.1, 0.15) is 0 Å². The van der Waals surface area contributed by atoms with Crippen LogP contribution in [0.1, 0.15) is 85.0 Å². The van der Waals surface area contributed by atoms with E-state index in [1.165, 1.54) is 25.0 Å². The van der Waals surface area contributed by atoms with E-state index in [9.17, 15) is 25.2 Å². The minimum atomic E-state index is -0.492. The summed E-state index contributed by atoms with van der Waals surface area (Å²) in [7, 11) is 0. The summed E-state index contributed by atoms with van der Waals surface area (Å²) in [5.74, 6) is 1.75. The summed E-state index contributed by atoms with van der Waals surface area (Å²) in [5.41, 5.74) is 0.0896. The molecule has 1 heterocycles. The molecule has 0 bridgehead atoms. The second kappa shape index (κ2) is 8.98. The van der Waals surface area contributed by atoms with Crippen molar-refractivity contribution in [3.8, 4) is 11.8 Å². The largest absolute Gasteiger partial charge is 0.492 e. The summed E-state index contributed by atoms with van der Waals surface area (Å²) >= 11 is 0. The Labute approximate surface area is 208 Å². The maximum atomic E-state index is 12.4. The van der Waals surface area contributed by atoms with E-state index >= 15 is 0 Å². The topological polar surface area (TPSA) is 112 Å². The summed E-state index contributed by atoms with van der Waals surface area (Å²) in [6, 6.07) is 2.54. The van der Waals surface area contributed by atoms with Crippen molar-refractivity contribution in [2.45, 2.75) is 97.2 Å². The zero-order valence-electron chi connectivity index (χ0n) is 21.4. The Kier molecular flexibility index (Phi) is 6.40. The lowest BCUT2D eigenvalue weighted by Gasteiger charge is -2.62. The van der Waals surface area contributed by atoms with Crippen LogP contribution >= 0.6 is 0 Å². The monoisotopic (exact) mass is 489 g/mol. The molecule has 0 aliphatic heterocycles. The standard InChI is InChI=1S/C28H43NO6/c1-16(4-11-26(34)35-29-24(32)9-10-25(29)33)20-7-8-21-19-6-5-17-14-18(30)12-13-27(17,2)22(19)15-23(31)28(20,21)3/h9-10,16-23,30-33H,4-8,11-15H2,1-3H3/t16-,17?,18-,19?,20-,21?,22?,23+,27+,28-/m1/s1. The van der Waals surface area contributed by atoms with Gasteiger partial charge in [-0.15, -0.1) is 4.73 Å². The average Bonchev–Trinajstić information content (AvgIpc) is 3.34. The summed E-state index contributed by atoms with van der Waals surface area (Å²) in [6.07, 6.45) is 8.72. The lowest BCUT2D eigenvalue weighted by molar-refractivity contribution is -0.175. The Morgan fingerprint density at radius 3 is 2.49 bits per heavy atom. The molecule has 4 aliphatic carbocycles. The van der Waals surface area contributed by atoms with Gasteiger partial charge in [-0.1, -0.05) is 20.8 Å². The molecule has 4 aliphatic rings. The number of carbonyl (C=O) groups is 1. The summed E-state index contributed by atoms with van der Waals surface area (Å²) < 4.78 is 0.742. The second-order valence-electron chi connectivity index (χ2n) is 12.7. The highest BCUT2D eigenvalue weighted by molar-refractivity contribution is 5.69. The van der Waals surface area contributed by atoms with Crippen LogP contribution in [-0.4, -0.2) is 43.3 Å². The van der Waals surface area contributed by atoms with Gasteiger partial charge < -0.3 is 25.3 Å². The van der Waals surface area contributed by atoms with Crippen LogP contribution in [0.4, 0.5) is 0 Å². The number of carbonyl (C=O) groups excluding carboxylic acids is 1. The highest BCUT2D eigenvalue weighted by Crippen LogP contribution is 2.68. The molecule has 10 atom stereocenters. The van der Waals surface area contributed by atoms with Crippen molar-refractivity contribution >= 4 is 5.97 Å². The lowest BCUT2D eigenvalue weighted by atomic mass is 9.43. The first kappa shape index (κ1) is 24.9. The van der Waals surface area contributed by atoms with Gasteiger partial charge in [0.2, 0.25) is 11.8 Å². The fourth-order valence-electron chi connectivity index (χ4n) is 9.35. The molecule has 7 nitrogen and oxygen atoms in total. The van der Waals surface area contributed by atoms with Gasteiger partial charge in [-0.2, -0.15) is 0 Å². The van der Waals surface area contributed by atoms with Gasteiger partial charge in [-0.3, -0.25) is 0 Å². The van der Waals surface area contributed by atoms with E-state index in [4.69, 9.17) is 4.84 Å². The van der Waals surface area contributed by atoms with Crippen LogP contribution in [0, 0.1) is 46.3 Å². The SMILES string of the molecule is C[C@H](CCC(=O)On1c(O)ccc1O)[C@H]1CCC2C3CCC4C[C@H](O)CC[C@]4(C)C3C[C@H](O)[C@@]21C. The van der Waals surface area contributed by atoms with Gasteiger partial charge in [-0.25, -0.2) is 4.79 Å². The van der Waals surface area contributed by atoms with Gasteiger partial charge in [0.25, 0.3) is 0 Å². The van der Waals surface area contributed by atoms with E-state index in [2.05, 4.69) is 20.8 Å². The normalized spacial score (nSPS) is 43.6. The summed E-state index contributed by atoms with van der Waals surface area (Å²) in [6.45, 7) is 6.94. The fourth-order valence-corrected chi connectivity index (χ4v) is 9.35. The van der Waals surface area contributed by atoms with E-state index in [-0.39, 0.29) is 47.1 Å². The van der Waals surface area contributed by atoms with Gasteiger partial charge in [0.05, 0.1) is 12.2 Å². The molecule has 4 unspecified atom stereocenters. The number of nitrogens with zero attached hydrogens (tertiary/aromatic N) is 1. The highest BCUT2D eigenvalue weighted by atomic mass is 16.7. The predicted octanol–water partition coefficient (Wildman–Crippen LogP) is 4.26. The molecule has 1 aromatic rings. The Morgan fingerprint density at radius 1 is 1.06 bits per heavy atom. The van der Waals surface area contributed by atoms with Gasteiger partial charge >= 0.3 is 5.97 Å². The molecule has 0 amide bonds. The molecule has 4 saturated carbocycles. The molecule has 0 radical (unpaired) electrons. The van der Waals surface area contributed by atoms with E-state index in [0.29, 0.717) is 36.0 Å². The number of hydrogen-bond donors (Lipinski definition) is 4. The maximum absolute atomic E-state index is 12.4. The predicted molar refractivity (Wildman–Crippen MR) is 130 cm³/mol. The van der Waals surface area contributed by atoms with Gasteiger partial charge in [-0.05, 0) is 104 Å². The highest BCUT2D eigenvalue weighted by Gasteiger charge is 2.63. The third-order valence-electron chi connectivity index (χ3n) is 11.3. The Hall–Kier alpha value is -1.73. The molecule has 0 aromatic carbocycles. The number of aliphatic hydroxyl groups excluding tert-OH is 2. The molecule has 0 saturated heterocycles. The molecule has 4 N–H and O–H groups in total. The van der Waals surface area contributed by atoms with Crippen molar-refractivity contribution in [1.82, 2.24) is 4.73 Å². The molecular formula is C28H43NO6. The van der Waals surface area contributed by atoms with E-state index < -0.39 is 5.97 Å². The van der Waals surface area contributed by atoms with Crippen LogP contribution in [0.25, 0.3) is 0 Å². The zero-order chi connectivity index (χ0) is 25.1. The molecule has 35 heavy (non-hydrogen) atoms. The third kappa shape index (κ3) is 3.97. The van der Waals surface area contributed by atoms with Gasteiger partial charge in [0, 0.05) is 18.6 Å². The van der Waals surface area contributed by atoms with Gasteiger partial charge in [0.15, 0.2) is 0 Å². The minimum Gasteiger partial charge on any atom is -0.492 e. The van der Waals surface area contributed by atoms with E-state index in [0.717, 1.165) is 43.3 Å². The maximum Gasteiger partial charge on any atom is 0.333 e. The molecule has 1 aromatic heterocycles. The summed E-state index contributed by atoms with van der Waals surface area (Å²) in [4.78, 5) is 17.5. The molecule has 4 fully saturated rings. The average molecular weight is 490 g/mol. The van der Waals surface area contributed by atoms with E-state index in [1.54, 1.807) is 0 Å². The zero-order valence-corrected chi connectivity index (χ0v) is 21.4. The van der Waals surface area contributed by atoms with Crippen molar-refractivity contribution in [2.75, 3.05) is 0 Å². The smallest absolute Gasteiger partial charge is 0.333 e. The lowest BCUT2D eigenvalue weighted by Crippen LogP contribution is -2.58. The Morgan fingerprint density at radius 2 is 1.77 bits per heavy atom. The van der Waals surface area contributed by atoms with Crippen LogP contribution in [0.3, 0.4) is 0 Å². The van der Waals surface area contributed by atoms with Crippen LogP contribution in [0.5, 0.6) is 11.8 Å². The van der Waals surface area contributed by atoms with Crippen molar-refractivity contribution in [3.05, 3.63) is 12.1 Å². The number of hydrogen-bond acceptors (Lipinski definition) is 6. The van der Waals surface area contributed by atoms with Crippen molar-refractivity contribution in [1.29, 1.82) is 0 Å². The number of fused-ring (bicyclic) bond motifs is 5. The molecular weight excluding hydrogens is 446 g/mol. The molecule has 5 rings (SSSR count). The Balaban J connectivity index is 1.26. The van der Waals surface area contributed by atoms with Crippen molar-refractivity contribution < 1.29 is 30.1 Å². The first-order valence-corrected chi connectivity index (χ1v) is 13.7. The van der Waals surface area contributed by atoms with Crippen molar-refractivity contribution in [3.63, 3.8) is 0 Å². The van der Waals surface area contributed by atoms with Crippen LogP contribution in [0.2, 0.25) is 0 Å². The molecule has 7 heteroatoms. The van der Waals surface area contributed by atoms with Crippen LogP contribution < -0.4 is 4.84 Å². The number of aliphatic hydroxyl groups is 2. The number of aromatic nitrogens is 1. The Bertz CT molecular complexity index is 926. The van der Waals surface area contributed by atoms with Crippen molar-refractivity contribution in [2.24, 2.45) is 46.3 Å². The fraction of sp³-hybridized carbons (Fsp3) is 0.821. The first-order chi connectivity index (χ1) is 16.6. The van der Waals surface area contributed by atoms with E-state index in [1.807, 2.05) is 0 Å². The minimum absolute atomic E-state index is 0.140. The third-order valence-corrected chi connectivity index (χ3v) is 11.3. The molecule has 0 spiro atoms. The van der Waals surface area contributed by atoms with Crippen LogP contribution in [0.15, 0.2) is 12.1 Å². The summed E-state index contributed by atoms with van der Waals surface area (Å²) in [5, 5.41) is 41.4. The van der Waals surface area contributed by atoms with Crippen LogP contribution in [-0.2, 0) is 4.79 Å². The first-order valence-electron chi connectivity index (χ1n) is 13.7.